The average molecular weight is 227 g/mol. The van der Waals surface area contributed by atoms with Gasteiger partial charge in [0, 0.05) is 6.54 Å². The van der Waals surface area contributed by atoms with Gasteiger partial charge in [0.2, 0.25) is 0 Å². The van der Waals surface area contributed by atoms with Crippen LogP contribution in [0.1, 0.15) is 27.7 Å². The van der Waals surface area contributed by atoms with Crippen molar-refractivity contribution in [2.45, 2.75) is 39.4 Å². The predicted molar refractivity (Wildman–Crippen MR) is 62.4 cm³/mol. The normalized spacial score (nSPS) is 21.8. The first kappa shape index (κ1) is 13.0. The predicted octanol–water partition coefficient (Wildman–Crippen LogP) is 2.20. The van der Waals surface area contributed by atoms with Crippen LogP contribution < -0.4 is 0 Å². The molecule has 1 atom stereocenters. The van der Waals surface area contributed by atoms with Crippen LogP contribution in [0.4, 0.5) is 4.79 Å². The Hall–Kier alpha value is -1.03. The summed E-state index contributed by atoms with van der Waals surface area (Å²) in [5.74, 6) is 0. The molecule has 0 aromatic heterocycles. The van der Waals surface area contributed by atoms with Crippen molar-refractivity contribution >= 4 is 6.09 Å². The number of ether oxygens (including phenoxy) is 2. The minimum Gasteiger partial charge on any atom is -0.444 e. The minimum absolute atomic E-state index is 0.0683. The van der Waals surface area contributed by atoms with Gasteiger partial charge in [0.25, 0.3) is 0 Å². The Morgan fingerprint density at radius 1 is 1.50 bits per heavy atom. The van der Waals surface area contributed by atoms with Crippen molar-refractivity contribution in [3.63, 3.8) is 0 Å². The molecule has 0 saturated carbocycles. The van der Waals surface area contributed by atoms with E-state index in [1.54, 1.807) is 4.90 Å². The SMILES string of the molecule is C=C(C)C1CN(C(=O)OC(C)(C)C)CCO1. The molecule has 1 heterocycles. The molecular formula is C12H21NO3. The summed E-state index contributed by atoms with van der Waals surface area (Å²) in [6.07, 6.45) is -0.344. The topological polar surface area (TPSA) is 38.8 Å². The Morgan fingerprint density at radius 3 is 2.62 bits per heavy atom. The first-order valence-corrected chi connectivity index (χ1v) is 5.54. The standard InChI is InChI=1S/C12H21NO3/c1-9(2)10-8-13(6-7-15-10)11(14)16-12(3,4)5/h10H,1,6-8H2,2-5H3. The van der Waals surface area contributed by atoms with E-state index in [4.69, 9.17) is 9.47 Å². The molecule has 0 bridgehead atoms. The lowest BCUT2D eigenvalue weighted by atomic mass is 10.1. The van der Waals surface area contributed by atoms with Crippen molar-refractivity contribution in [2.75, 3.05) is 19.7 Å². The maximum absolute atomic E-state index is 11.8. The first-order valence-electron chi connectivity index (χ1n) is 5.54. The summed E-state index contributed by atoms with van der Waals surface area (Å²) in [7, 11) is 0. The second-order valence-corrected chi connectivity index (χ2v) is 5.13. The van der Waals surface area contributed by atoms with Crippen molar-refractivity contribution < 1.29 is 14.3 Å². The minimum atomic E-state index is -0.450. The fraction of sp³-hybridized carbons (Fsp3) is 0.750. The van der Waals surface area contributed by atoms with Crippen molar-refractivity contribution in [3.05, 3.63) is 12.2 Å². The number of amides is 1. The molecule has 0 N–H and O–H groups in total. The van der Waals surface area contributed by atoms with Crippen LogP contribution in [0.25, 0.3) is 0 Å². The summed E-state index contributed by atoms with van der Waals surface area (Å²) in [6.45, 7) is 13.0. The smallest absolute Gasteiger partial charge is 0.410 e. The maximum Gasteiger partial charge on any atom is 0.410 e. The molecule has 0 aromatic carbocycles. The highest BCUT2D eigenvalue weighted by atomic mass is 16.6. The van der Waals surface area contributed by atoms with E-state index in [9.17, 15) is 4.79 Å². The zero-order valence-electron chi connectivity index (χ0n) is 10.6. The molecule has 0 aromatic rings. The molecule has 0 radical (unpaired) electrons. The number of hydrogen-bond acceptors (Lipinski definition) is 3. The molecule has 1 aliphatic heterocycles. The Bertz CT molecular complexity index is 280. The highest BCUT2D eigenvalue weighted by molar-refractivity contribution is 5.68. The van der Waals surface area contributed by atoms with Crippen LogP contribution in [0.15, 0.2) is 12.2 Å². The van der Waals surface area contributed by atoms with E-state index < -0.39 is 5.60 Å². The Kier molecular flexibility index (Phi) is 3.97. The molecule has 1 amide bonds. The number of nitrogens with zero attached hydrogens (tertiary/aromatic N) is 1. The fourth-order valence-electron chi connectivity index (χ4n) is 1.44. The first-order chi connectivity index (χ1) is 7.29. The zero-order valence-corrected chi connectivity index (χ0v) is 10.6. The Labute approximate surface area is 97.2 Å². The Balaban J connectivity index is 2.54. The second kappa shape index (κ2) is 4.87. The molecule has 16 heavy (non-hydrogen) atoms. The molecule has 4 heteroatoms. The van der Waals surface area contributed by atoms with E-state index in [0.717, 1.165) is 5.57 Å². The third-order valence-electron chi connectivity index (χ3n) is 2.27. The van der Waals surface area contributed by atoms with Crippen LogP contribution in [-0.2, 0) is 9.47 Å². The van der Waals surface area contributed by atoms with Gasteiger partial charge < -0.3 is 14.4 Å². The summed E-state index contributed by atoms with van der Waals surface area (Å²) in [5.41, 5.74) is 0.488. The average Bonchev–Trinajstić information content (AvgIpc) is 2.15. The van der Waals surface area contributed by atoms with Crippen molar-refractivity contribution in [1.82, 2.24) is 4.90 Å². The van der Waals surface area contributed by atoms with Crippen molar-refractivity contribution in [1.29, 1.82) is 0 Å². The van der Waals surface area contributed by atoms with Crippen LogP contribution in [0, 0.1) is 0 Å². The van der Waals surface area contributed by atoms with E-state index in [1.807, 2.05) is 27.7 Å². The van der Waals surface area contributed by atoms with Gasteiger partial charge in [-0.1, -0.05) is 12.2 Å². The van der Waals surface area contributed by atoms with Gasteiger partial charge in [0.1, 0.15) is 5.60 Å². The van der Waals surface area contributed by atoms with Gasteiger partial charge in [-0.15, -0.1) is 0 Å². The molecule has 0 spiro atoms. The van der Waals surface area contributed by atoms with Crippen LogP contribution in [0.3, 0.4) is 0 Å². The van der Waals surface area contributed by atoms with Gasteiger partial charge in [0.15, 0.2) is 0 Å². The second-order valence-electron chi connectivity index (χ2n) is 5.13. The molecule has 1 fully saturated rings. The van der Waals surface area contributed by atoms with Gasteiger partial charge in [0.05, 0.1) is 19.3 Å². The third-order valence-corrected chi connectivity index (χ3v) is 2.27. The van der Waals surface area contributed by atoms with Crippen LogP contribution in [0.2, 0.25) is 0 Å². The number of carbonyl (C=O) groups is 1. The van der Waals surface area contributed by atoms with Crippen LogP contribution in [-0.4, -0.2) is 42.4 Å². The Morgan fingerprint density at radius 2 is 2.12 bits per heavy atom. The van der Waals surface area contributed by atoms with Gasteiger partial charge >= 0.3 is 6.09 Å². The lowest BCUT2D eigenvalue weighted by Crippen LogP contribution is -2.47. The van der Waals surface area contributed by atoms with Crippen molar-refractivity contribution in [2.24, 2.45) is 0 Å². The molecular weight excluding hydrogens is 206 g/mol. The molecule has 0 aliphatic carbocycles. The lowest BCUT2D eigenvalue weighted by molar-refractivity contribution is -0.0295. The molecule has 1 saturated heterocycles. The quantitative estimate of drug-likeness (QED) is 0.645. The van der Waals surface area contributed by atoms with Gasteiger partial charge in [-0.05, 0) is 27.7 Å². The van der Waals surface area contributed by atoms with Crippen LogP contribution >= 0.6 is 0 Å². The number of hydrogen-bond donors (Lipinski definition) is 0. The highest BCUT2D eigenvalue weighted by Crippen LogP contribution is 2.15. The fourth-order valence-corrected chi connectivity index (χ4v) is 1.44. The summed E-state index contributed by atoms with van der Waals surface area (Å²) >= 11 is 0. The highest BCUT2D eigenvalue weighted by Gasteiger charge is 2.28. The number of carbonyl (C=O) groups excluding carboxylic acids is 1. The maximum atomic E-state index is 11.8. The van der Waals surface area contributed by atoms with Gasteiger partial charge in [-0.25, -0.2) is 4.79 Å². The largest absolute Gasteiger partial charge is 0.444 e. The zero-order chi connectivity index (χ0) is 12.3. The van der Waals surface area contributed by atoms with Crippen LogP contribution in [0.5, 0.6) is 0 Å². The number of morpholine rings is 1. The van der Waals surface area contributed by atoms with E-state index in [-0.39, 0.29) is 12.2 Å². The van der Waals surface area contributed by atoms with Crippen molar-refractivity contribution in [3.8, 4) is 0 Å². The summed E-state index contributed by atoms with van der Waals surface area (Å²) in [4.78, 5) is 13.5. The summed E-state index contributed by atoms with van der Waals surface area (Å²) < 4.78 is 10.8. The summed E-state index contributed by atoms with van der Waals surface area (Å²) in [6, 6.07) is 0. The monoisotopic (exact) mass is 227 g/mol. The van der Waals surface area contributed by atoms with E-state index in [2.05, 4.69) is 6.58 Å². The molecule has 1 aliphatic rings. The molecule has 1 rings (SSSR count). The van der Waals surface area contributed by atoms with Gasteiger partial charge in [-0.3, -0.25) is 0 Å². The number of rotatable bonds is 1. The van der Waals surface area contributed by atoms with E-state index in [0.29, 0.717) is 19.7 Å². The van der Waals surface area contributed by atoms with E-state index in [1.165, 1.54) is 0 Å². The molecule has 4 nitrogen and oxygen atoms in total. The lowest BCUT2D eigenvalue weighted by Gasteiger charge is -2.34. The third kappa shape index (κ3) is 3.85. The molecule has 1 unspecified atom stereocenters. The van der Waals surface area contributed by atoms with Gasteiger partial charge in [-0.2, -0.15) is 0 Å². The van der Waals surface area contributed by atoms with E-state index >= 15 is 0 Å². The summed E-state index contributed by atoms with van der Waals surface area (Å²) in [5, 5.41) is 0. The molecule has 92 valence electrons.